The molecule has 0 aliphatic heterocycles. The number of rotatable bonds is 5. The molecule has 24 heavy (non-hydrogen) atoms. The lowest BCUT2D eigenvalue weighted by atomic mass is 10.1. The quantitative estimate of drug-likeness (QED) is 0.759. The van der Waals surface area contributed by atoms with Gasteiger partial charge in [0, 0.05) is 17.1 Å². The number of hydrogen-bond acceptors (Lipinski definition) is 4. The summed E-state index contributed by atoms with van der Waals surface area (Å²) in [5.41, 5.74) is 2.59. The highest BCUT2D eigenvalue weighted by Gasteiger charge is 2.16. The Morgan fingerprint density at radius 3 is 2.67 bits per heavy atom. The molecule has 1 amide bonds. The summed E-state index contributed by atoms with van der Waals surface area (Å²) in [5.74, 6) is -0.0666. The molecule has 6 heteroatoms. The van der Waals surface area contributed by atoms with E-state index in [-0.39, 0.29) is 5.89 Å². The van der Waals surface area contributed by atoms with Crippen molar-refractivity contribution in [3.8, 4) is 0 Å². The van der Waals surface area contributed by atoms with Crippen molar-refractivity contribution in [3.63, 3.8) is 0 Å². The van der Waals surface area contributed by atoms with E-state index in [2.05, 4.69) is 15.5 Å². The summed E-state index contributed by atoms with van der Waals surface area (Å²) in [6, 6.07) is 15.3. The normalized spacial score (nSPS) is 10.6. The number of nitrogens with zero attached hydrogens (tertiary/aromatic N) is 2. The molecule has 0 unspecified atom stereocenters. The molecule has 3 aromatic rings. The molecule has 0 radical (unpaired) electrons. The van der Waals surface area contributed by atoms with Crippen LogP contribution < -0.4 is 5.32 Å². The average Bonchev–Trinajstić information content (AvgIpc) is 3.07. The lowest BCUT2D eigenvalue weighted by Gasteiger charge is -2.07. The van der Waals surface area contributed by atoms with Gasteiger partial charge in [-0.25, -0.2) is 0 Å². The summed E-state index contributed by atoms with van der Waals surface area (Å²) in [6.07, 6.45) is 1.36. The van der Waals surface area contributed by atoms with Crippen molar-refractivity contribution < 1.29 is 9.21 Å². The Balaban J connectivity index is 1.64. The Kier molecular flexibility index (Phi) is 4.91. The molecule has 1 N–H and O–H groups in total. The fourth-order valence-electron chi connectivity index (χ4n) is 2.26. The van der Waals surface area contributed by atoms with Gasteiger partial charge in [-0.2, -0.15) is 0 Å². The summed E-state index contributed by atoms with van der Waals surface area (Å²) >= 11 is 6.04. The largest absolute Gasteiger partial charge is 0.417 e. The van der Waals surface area contributed by atoms with Gasteiger partial charge in [-0.15, -0.1) is 10.2 Å². The number of anilines is 1. The monoisotopic (exact) mass is 341 g/mol. The minimum Gasteiger partial charge on any atom is -0.417 e. The molecule has 0 aliphatic rings. The van der Waals surface area contributed by atoms with Gasteiger partial charge in [-0.05, 0) is 36.6 Å². The van der Waals surface area contributed by atoms with E-state index in [4.69, 9.17) is 16.0 Å². The minimum atomic E-state index is -0.446. The number of aryl methyl sites for hydroxylation is 2. The summed E-state index contributed by atoms with van der Waals surface area (Å²) in [7, 11) is 0. The van der Waals surface area contributed by atoms with Crippen LogP contribution in [0.4, 0.5) is 5.69 Å². The number of carbonyl (C=O) groups excluding carboxylic acids is 1. The second kappa shape index (κ2) is 7.27. The van der Waals surface area contributed by atoms with Crippen LogP contribution in [0.3, 0.4) is 0 Å². The zero-order chi connectivity index (χ0) is 16.9. The molecule has 0 aliphatic carbocycles. The van der Waals surface area contributed by atoms with Crippen molar-refractivity contribution in [2.75, 3.05) is 5.32 Å². The van der Waals surface area contributed by atoms with Crippen LogP contribution in [-0.4, -0.2) is 16.1 Å². The van der Waals surface area contributed by atoms with Crippen molar-refractivity contribution in [2.24, 2.45) is 0 Å². The molecule has 0 fully saturated rings. The fraction of sp³-hybridized carbons (Fsp3) is 0.167. The summed E-state index contributed by atoms with van der Waals surface area (Å²) < 4.78 is 5.44. The first-order valence-corrected chi connectivity index (χ1v) is 7.94. The standard InChI is InChI=1S/C18H16ClN3O2/c1-12-14(19)8-5-9-15(12)20-17(23)18-22-21-16(24-18)11-10-13-6-3-2-4-7-13/h2-9H,10-11H2,1H3,(H,20,23). The van der Waals surface area contributed by atoms with Gasteiger partial charge in [0.1, 0.15) is 0 Å². The lowest BCUT2D eigenvalue weighted by molar-refractivity contribution is 0.0988. The molecule has 0 saturated heterocycles. The van der Waals surface area contributed by atoms with Gasteiger partial charge in [0.2, 0.25) is 5.89 Å². The summed E-state index contributed by atoms with van der Waals surface area (Å²) in [4.78, 5) is 12.2. The van der Waals surface area contributed by atoms with Gasteiger partial charge < -0.3 is 9.73 Å². The van der Waals surface area contributed by atoms with E-state index in [1.165, 1.54) is 5.56 Å². The minimum absolute atomic E-state index is 0.0579. The van der Waals surface area contributed by atoms with E-state index >= 15 is 0 Å². The van der Waals surface area contributed by atoms with Crippen LogP contribution >= 0.6 is 11.6 Å². The van der Waals surface area contributed by atoms with E-state index in [0.717, 1.165) is 12.0 Å². The first kappa shape index (κ1) is 16.2. The SMILES string of the molecule is Cc1c(Cl)cccc1NC(=O)c1nnc(CCc2ccccc2)o1. The Hall–Kier alpha value is -2.66. The second-order valence-electron chi connectivity index (χ2n) is 5.35. The number of benzene rings is 2. The van der Waals surface area contributed by atoms with Gasteiger partial charge in [-0.1, -0.05) is 48.0 Å². The van der Waals surface area contributed by atoms with Crippen LogP contribution in [0.5, 0.6) is 0 Å². The highest BCUT2D eigenvalue weighted by atomic mass is 35.5. The molecule has 1 aromatic heterocycles. The number of aromatic nitrogens is 2. The van der Waals surface area contributed by atoms with E-state index in [1.807, 2.05) is 37.3 Å². The molecule has 0 bridgehead atoms. The topological polar surface area (TPSA) is 68.0 Å². The third-order valence-corrected chi connectivity index (χ3v) is 4.06. The highest BCUT2D eigenvalue weighted by molar-refractivity contribution is 6.31. The number of hydrogen-bond donors (Lipinski definition) is 1. The van der Waals surface area contributed by atoms with Gasteiger partial charge in [-0.3, -0.25) is 4.79 Å². The van der Waals surface area contributed by atoms with Crippen molar-refractivity contribution in [1.29, 1.82) is 0 Å². The maximum absolute atomic E-state index is 12.2. The average molecular weight is 342 g/mol. The van der Waals surface area contributed by atoms with Crippen molar-refractivity contribution in [3.05, 3.63) is 76.5 Å². The Labute approximate surface area is 144 Å². The molecule has 0 spiro atoms. The van der Waals surface area contributed by atoms with Crippen molar-refractivity contribution >= 4 is 23.2 Å². The lowest BCUT2D eigenvalue weighted by Crippen LogP contribution is -2.13. The van der Waals surface area contributed by atoms with E-state index < -0.39 is 5.91 Å². The van der Waals surface area contributed by atoms with Gasteiger partial charge in [0.05, 0.1) is 0 Å². The molecule has 5 nitrogen and oxygen atoms in total. The maximum Gasteiger partial charge on any atom is 0.313 e. The molecule has 122 valence electrons. The number of amides is 1. The van der Waals surface area contributed by atoms with Crippen LogP contribution in [-0.2, 0) is 12.8 Å². The predicted octanol–water partition coefficient (Wildman–Crippen LogP) is 4.07. The predicted molar refractivity (Wildman–Crippen MR) is 92.3 cm³/mol. The van der Waals surface area contributed by atoms with E-state index in [9.17, 15) is 4.79 Å². The van der Waals surface area contributed by atoms with Crippen molar-refractivity contribution in [2.45, 2.75) is 19.8 Å². The zero-order valence-electron chi connectivity index (χ0n) is 13.1. The molecule has 1 heterocycles. The smallest absolute Gasteiger partial charge is 0.313 e. The third-order valence-electron chi connectivity index (χ3n) is 3.65. The van der Waals surface area contributed by atoms with Crippen molar-refractivity contribution in [1.82, 2.24) is 10.2 Å². The summed E-state index contributed by atoms with van der Waals surface area (Å²) in [5, 5.41) is 11.1. The van der Waals surface area contributed by atoms with Crippen LogP contribution in [0.1, 0.15) is 27.7 Å². The Bertz CT molecular complexity index is 846. The first-order valence-electron chi connectivity index (χ1n) is 7.56. The number of carbonyl (C=O) groups is 1. The van der Waals surface area contributed by atoms with Crippen LogP contribution in [0.2, 0.25) is 5.02 Å². The highest BCUT2D eigenvalue weighted by Crippen LogP contribution is 2.23. The van der Waals surface area contributed by atoms with Crippen LogP contribution in [0, 0.1) is 6.92 Å². The van der Waals surface area contributed by atoms with Crippen LogP contribution in [0.15, 0.2) is 52.9 Å². The molecular weight excluding hydrogens is 326 g/mol. The van der Waals surface area contributed by atoms with Gasteiger partial charge in [0.15, 0.2) is 0 Å². The molecular formula is C18H16ClN3O2. The molecule has 0 saturated carbocycles. The summed E-state index contributed by atoms with van der Waals surface area (Å²) in [6.45, 7) is 1.83. The fourth-order valence-corrected chi connectivity index (χ4v) is 2.44. The number of nitrogens with one attached hydrogen (secondary N) is 1. The Morgan fingerprint density at radius 2 is 1.88 bits per heavy atom. The van der Waals surface area contributed by atoms with Crippen LogP contribution in [0.25, 0.3) is 0 Å². The van der Waals surface area contributed by atoms with E-state index in [0.29, 0.717) is 23.0 Å². The second-order valence-corrected chi connectivity index (χ2v) is 5.76. The third kappa shape index (κ3) is 3.81. The van der Waals surface area contributed by atoms with Gasteiger partial charge >= 0.3 is 11.8 Å². The van der Waals surface area contributed by atoms with E-state index in [1.54, 1.807) is 18.2 Å². The Morgan fingerprint density at radius 1 is 1.08 bits per heavy atom. The molecule has 3 rings (SSSR count). The van der Waals surface area contributed by atoms with Gasteiger partial charge in [0.25, 0.3) is 0 Å². The first-order chi connectivity index (χ1) is 11.6. The maximum atomic E-state index is 12.2. The molecule has 0 atom stereocenters. The zero-order valence-corrected chi connectivity index (χ0v) is 13.9. The molecule has 2 aromatic carbocycles. The number of halogens is 1.